The van der Waals surface area contributed by atoms with Gasteiger partial charge in [0.1, 0.15) is 6.61 Å². The lowest BCUT2D eigenvalue weighted by Crippen LogP contribution is -2.44. The van der Waals surface area contributed by atoms with Gasteiger partial charge in [-0.2, -0.15) is 13.2 Å². The highest BCUT2D eigenvalue weighted by Gasteiger charge is 2.31. The molecule has 1 aliphatic rings. The number of nitrogens with one attached hydrogen (secondary N) is 2. The highest BCUT2D eigenvalue weighted by Crippen LogP contribution is 2.21. The maximum atomic E-state index is 12.3. The van der Waals surface area contributed by atoms with Crippen LogP contribution in [0.3, 0.4) is 0 Å². The summed E-state index contributed by atoms with van der Waals surface area (Å²) in [6, 6.07) is 9.36. The summed E-state index contributed by atoms with van der Waals surface area (Å²) in [6.07, 6.45) is -3.57. The Morgan fingerprint density at radius 1 is 1.32 bits per heavy atom. The van der Waals surface area contributed by atoms with Gasteiger partial charge in [0.15, 0.2) is 5.96 Å². The molecule has 0 bridgehead atoms. The van der Waals surface area contributed by atoms with E-state index in [4.69, 9.17) is 0 Å². The Kier molecular flexibility index (Phi) is 10.6. The Morgan fingerprint density at radius 3 is 2.68 bits per heavy atom. The van der Waals surface area contributed by atoms with E-state index in [0.717, 1.165) is 5.69 Å². The minimum absolute atomic E-state index is 0. The summed E-state index contributed by atoms with van der Waals surface area (Å²) in [7, 11) is 0. The zero-order valence-electron chi connectivity index (χ0n) is 15.7. The van der Waals surface area contributed by atoms with Crippen LogP contribution in [0, 0.1) is 0 Å². The highest BCUT2D eigenvalue weighted by molar-refractivity contribution is 14.0. The van der Waals surface area contributed by atoms with Crippen LogP contribution in [-0.4, -0.2) is 56.9 Å². The molecule has 0 saturated carbocycles. The van der Waals surface area contributed by atoms with E-state index in [1.165, 1.54) is 0 Å². The predicted molar refractivity (Wildman–Crippen MR) is 113 cm³/mol. The van der Waals surface area contributed by atoms with Gasteiger partial charge in [-0.15, -0.1) is 24.0 Å². The lowest BCUT2D eigenvalue weighted by molar-refractivity contribution is -0.173. The first-order valence-corrected chi connectivity index (χ1v) is 8.94. The molecule has 0 spiro atoms. The monoisotopic (exact) mass is 514 g/mol. The number of para-hydroxylation sites is 1. The molecule has 1 aromatic rings. The average Bonchev–Trinajstić information content (AvgIpc) is 2.98. The molecule has 0 aliphatic carbocycles. The number of rotatable bonds is 8. The number of benzene rings is 1. The molecule has 1 unspecified atom stereocenters. The maximum Gasteiger partial charge on any atom is 0.411 e. The molecular weight excluding hydrogens is 488 g/mol. The van der Waals surface area contributed by atoms with Crippen molar-refractivity contribution in [3.8, 4) is 0 Å². The average molecular weight is 514 g/mol. The van der Waals surface area contributed by atoms with Gasteiger partial charge >= 0.3 is 6.18 Å². The fraction of sp³-hybridized carbons (Fsp3) is 0.556. The van der Waals surface area contributed by atoms with Gasteiger partial charge in [0.2, 0.25) is 5.91 Å². The van der Waals surface area contributed by atoms with Crippen molar-refractivity contribution in [2.24, 2.45) is 4.99 Å². The highest BCUT2D eigenvalue weighted by atomic mass is 127. The van der Waals surface area contributed by atoms with Crippen LogP contribution in [-0.2, 0) is 9.53 Å². The molecule has 1 aliphatic heterocycles. The van der Waals surface area contributed by atoms with Crippen molar-refractivity contribution in [2.75, 3.05) is 37.7 Å². The molecule has 0 radical (unpaired) electrons. The van der Waals surface area contributed by atoms with Crippen molar-refractivity contribution in [3.05, 3.63) is 30.3 Å². The fourth-order valence-electron chi connectivity index (χ4n) is 2.72. The Bertz CT molecular complexity index is 629. The molecule has 1 aromatic carbocycles. The number of nitrogens with zero attached hydrogens (tertiary/aromatic N) is 2. The van der Waals surface area contributed by atoms with Crippen molar-refractivity contribution in [1.82, 2.24) is 10.6 Å². The SMILES string of the molecule is CCNC(=NCCCOCC(F)(F)F)NC1CC(=O)N(c2ccccc2)C1.I. The smallest absolute Gasteiger partial charge is 0.372 e. The van der Waals surface area contributed by atoms with Crippen molar-refractivity contribution in [3.63, 3.8) is 0 Å². The summed E-state index contributed by atoms with van der Waals surface area (Å²) < 4.78 is 40.6. The molecular formula is C18H26F3IN4O2. The largest absolute Gasteiger partial charge is 0.411 e. The summed E-state index contributed by atoms with van der Waals surface area (Å²) in [5, 5.41) is 6.30. The molecule has 1 amide bonds. The third kappa shape index (κ3) is 8.63. The first-order valence-electron chi connectivity index (χ1n) is 8.94. The predicted octanol–water partition coefficient (Wildman–Crippen LogP) is 2.93. The summed E-state index contributed by atoms with van der Waals surface area (Å²) in [5.74, 6) is 0.580. The molecule has 28 heavy (non-hydrogen) atoms. The zero-order chi connectivity index (χ0) is 19.7. The number of hydrogen-bond acceptors (Lipinski definition) is 3. The number of anilines is 1. The Labute approximate surface area is 179 Å². The quantitative estimate of drug-likeness (QED) is 0.243. The van der Waals surface area contributed by atoms with Crippen LogP contribution < -0.4 is 15.5 Å². The molecule has 1 fully saturated rings. The minimum atomic E-state index is -4.31. The van der Waals surface area contributed by atoms with Gasteiger partial charge in [0, 0.05) is 38.3 Å². The third-order valence-corrected chi connectivity index (χ3v) is 3.86. The Balaban J connectivity index is 0.00000392. The number of halogens is 4. The van der Waals surface area contributed by atoms with Gasteiger partial charge in [-0.1, -0.05) is 18.2 Å². The minimum Gasteiger partial charge on any atom is -0.372 e. The molecule has 1 heterocycles. The van der Waals surface area contributed by atoms with Crippen LogP contribution in [0.4, 0.5) is 18.9 Å². The van der Waals surface area contributed by atoms with E-state index in [2.05, 4.69) is 20.4 Å². The lowest BCUT2D eigenvalue weighted by atomic mass is 10.2. The van der Waals surface area contributed by atoms with E-state index in [-0.39, 0.29) is 42.5 Å². The molecule has 10 heteroatoms. The summed E-state index contributed by atoms with van der Waals surface area (Å²) in [5.41, 5.74) is 0.857. The molecule has 2 N–H and O–H groups in total. The van der Waals surface area contributed by atoms with Gasteiger partial charge in [0.25, 0.3) is 0 Å². The molecule has 1 atom stereocenters. The van der Waals surface area contributed by atoms with Gasteiger partial charge in [-0.3, -0.25) is 9.79 Å². The van der Waals surface area contributed by atoms with Crippen molar-refractivity contribution >= 4 is 41.5 Å². The van der Waals surface area contributed by atoms with E-state index >= 15 is 0 Å². The number of carbonyl (C=O) groups is 1. The number of alkyl halides is 3. The molecule has 0 aromatic heterocycles. The van der Waals surface area contributed by atoms with Gasteiger partial charge < -0.3 is 20.3 Å². The fourth-order valence-corrected chi connectivity index (χ4v) is 2.72. The van der Waals surface area contributed by atoms with Crippen LogP contribution in [0.2, 0.25) is 0 Å². The summed E-state index contributed by atoms with van der Waals surface area (Å²) in [4.78, 5) is 18.3. The van der Waals surface area contributed by atoms with E-state index in [9.17, 15) is 18.0 Å². The van der Waals surface area contributed by atoms with Crippen LogP contribution in [0.15, 0.2) is 35.3 Å². The Morgan fingerprint density at radius 2 is 2.04 bits per heavy atom. The first kappa shape index (κ1) is 24.5. The number of hydrogen-bond donors (Lipinski definition) is 2. The van der Waals surface area contributed by atoms with Gasteiger partial charge in [-0.25, -0.2) is 0 Å². The molecule has 2 rings (SSSR count). The third-order valence-electron chi connectivity index (χ3n) is 3.86. The number of amides is 1. The Hall–Kier alpha value is -1.56. The van der Waals surface area contributed by atoms with Crippen LogP contribution in [0.25, 0.3) is 0 Å². The molecule has 6 nitrogen and oxygen atoms in total. The van der Waals surface area contributed by atoms with Crippen LogP contribution in [0.5, 0.6) is 0 Å². The molecule has 1 saturated heterocycles. The van der Waals surface area contributed by atoms with Gasteiger partial charge in [0.05, 0.1) is 6.04 Å². The normalized spacial score (nSPS) is 17.4. The first-order chi connectivity index (χ1) is 12.9. The number of guanidine groups is 1. The zero-order valence-corrected chi connectivity index (χ0v) is 18.0. The van der Waals surface area contributed by atoms with E-state index in [0.29, 0.717) is 38.4 Å². The van der Waals surface area contributed by atoms with E-state index < -0.39 is 12.8 Å². The second-order valence-electron chi connectivity index (χ2n) is 6.17. The second kappa shape index (κ2) is 12.1. The standard InChI is InChI=1S/C18H25F3N4O2.HI/c1-2-22-17(23-9-6-10-27-13-18(19,20)21)24-14-11-16(26)25(12-14)15-7-4-3-5-8-15;/h3-5,7-8,14H,2,6,9-13H2,1H3,(H2,22,23,24);1H. The maximum absolute atomic E-state index is 12.3. The van der Waals surface area contributed by atoms with Crippen LogP contribution >= 0.6 is 24.0 Å². The van der Waals surface area contributed by atoms with E-state index in [1.54, 1.807) is 4.90 Å². The van der Waals surface area contributed by atoms with Crippen molar-refractivity contribution in [2.45, 2.75) is 32.0 Å². The summed E-state index contributed by atoms with van der Waals surface area (Å²) in [6.45, 7) is 2.16. The topological polar surface area (TPSA) is 66.0 Å². The van der Waals surface area contributed by atoms with Crippen LogP contribution in [0.1, 0.15) is 19.8 Å². The van der Waals surface area contributed by atoms with Gasteiger partial charge in [-0.05, 0) is 25.5 Å². The molecule has 158 valence electrons. The number of aliphatic imine (C=N–C) groups is 1. The summed E-state index contributed by atoms with van der Waals surface area (Å²) >= 11 is 0. The van der Waals surface area contributed by atoms with Crippen molar-refractivity contribution < 1.29 is 22.7 Å². The van der Waals surface area contributed by atoms with Crippen molar-refractivity contribution in [1.29, 1.82) is 0 Å². The number of carbonyl (C=O) groups excluding carboxylic acids is 1. The second-order valence-corrected chi connectivity index (χ2v) is 6.17. The van der Waals surface area contributed by atoms with E-state index in [1.807, 2.05) is 37.3 Å². The lowest BCUT2D eigenvalue weighted by Gasteiger charge is -2.19. The number of ether oxygens (including phenoxy) is 1.